The number of halogens is 1. The van der Waals surface area contributed by atoms with Crippen LogP contribution in [0.5, 0.6) is 0 Å². The van der Waals surface area contributed by atoms with Crippen molar-refractivity contribution >= 4 is 23.0 Å². The number of aromatic nitrogens is 1. The molecule has 1 aromatic heterocycles. The van der Waals surface area contributed by atoms with E-state index in [-0.39, 0.29) is 24.9 Å². The number of benzene rings is 3. The first-order valence-corrected chi connectivity index (χ1v) is 13.8. The van der Waals surface area contributed by atoms with Gasteiger partial charge in [-0.1, -0.05) is 26.0 Å². The Morgan fingerprint density at radius 3 is 2.51 bits per heavy atom. The molecule has 0 spiro atoms. The molecule has 1 atom stereocenters. The van der Waals surface area contributed by atoms with Gasteiger partial charge in [0.15, 0.2) is 0 Å². The fourth-order valence-corrected chi connectivity index (χ4v) is 6.24. The molecule has 0 radical (unpaired) electrons. The van der Waals surface area contributed by atoms with E-state index in [1.807, 2.05) is 30.5 Å². The second kappa shape index (κ2) is 10.2. The molecular weight excluding hydrogens is 521 g/mol. The monoisotopic (exact) mass is 555 g/mol. The van der Waals surface area contributed by atoms with Gasteiger partial charge < -0.3 is 24.4 Å². The first-order chi connectivity index (χ1) is 19.6. The molecule has 6 rings (SSSR count). The lowest BCUT2D eigenvalue weighted by Crippen LogP contribution is -2.38. The predicted octanol–water partition coefficient (Wildman–Crippen LogP) is 4.86. The summed E-state index contributed by atoms with van der Waals surface area (Å²) in [5.41, 5.74) is 5.86. The number of aliphatic hydroxyl groups excluding tert-OH is 1. The van der Waals surface area contributed by atoms with E-state index < -0.39 is 11.0 Å². The molecule has 7 nitrogen and oxygen atoms in total. The van der Waals surface area contributed by atoms with Crippen LogP contribution in [0.2, 0.25) is 0 Å². The minimum Gasteiger partial charge on any atom is -0.393 e. The molecule has 2 N–H and O–H groups in total. The quantitative estimate of drug-likeness (QED) is 0.341. The highest BCUT2D eigenvalue weighted by atomic mass is 19.1. The van der Waals surface area contributed by atoms with E-state index in [0.717, 1.165) is 44.5 Å². The van der Waals surface area contributed by atoms with Crippen molar-refractivity contribution in [2.24, 2.45) is 4.99 Å². The van der Waals surface area contributed by atoms with Crippen LogP contribution in [0.25, 0.3) is 27.7 Å². The number of β-amino-alcohol motifs (C(OH)–C–C–N with tert-alkyl or cyclic N) is 1. The van der Waals surface area contributed by atoms with Crippen molar-refractivity contribution in [3.8, 4) is 16.8 Å². The summed E-state index contributed by atoms with van der Waals surface area (Å²) in [6, 6.07) is 18.4. The standard InChI is InChI=1S/C33H34FN3O4/c1-32(2,20-41-3)30-29(21-4-6-22(7-5-21)31(39)36-13-12-33(40,18-36)19-38)27-14-23-16-35-17-24(23)15-28(27)37(30)26-10-8-25(34)9-11-26/h4-11,14-15,17,38,40H,12-13,16,18-20H2,1-3H3. The summed E-state index contributed by atoms with van der Waals surface area (Å²) in [5, 5.41) is 21.0. The molecule has 3 aromatic carbocycles. The van der Waals surface area contributed by atoms with Gasteiger partial charge in [-0.05, 0) is 71.6 Å². The van der Waals surface area contributed by atoms with E-state index in [9.17, 15) is 19.4 Å². The SMILES string of the molecule is COCC(C)(C)c1c(-c2ccc(C(=O)N3CCC(O)(CO)C3)cc2)c2cc3c(cc2n1-c1ccc(F)cc1)C=NC3. The number of hydrogen-bond acceptors (Lipinski definition) is 5. The van der Waals surface area contributed by atoms with Crippen LogP contribution < -0.4 is 0 Å². The molecule has 212 valence electrons. The summed E-state index contributed by atoms with van der Waals surface area (Å²) in [4.78, 5) is 19.3. The second-order valence-electron chi connectivity index (χ2n) is 11.8. The molecule has 3 heterocycles. The van der Waals surface area contributed by atoms with E-state index in [1.165, 1.54) is 12.1 Å². The van der Waals surface area contributed by atoms with Crippen LogP contribution in [-0.4, -0.2) is 70.8 Å². The zero-order valence-corrected chi connectivity index (χ0v) is 23.5. The Morgan fingerprint density at radius 2 is 1.85 bits per heavy atom. The minimum absolute atomic E-state index is 0.109. The predicted molar refractivity (Wildman–Crippen MR) is 157 cm³/mol. The Bertz CT molecular complexity index is 1660. The highest BCUT2D eigenvalue weighted by Gasteiger charge is 2.38. The normalized spacial score (nSPS) is 18.4. The lowest BCUT2D eigenvalue weighted by atomic mass is 9.84. The number of fused-ring (bicyclic) bond motifs is 2. The molecule has 41 heavy (non-hydrogen) atoms. The Labute approximate surface area is 238 Å². The highest BCUT2D eigenvalue weighted by Crippen LogP contribution is 2.44. The van der Waals surface area contributed by atoms with Gasteiger partial charge in [0.05, 0.1) is 31.8 Å². The third kappa shape index (κ3) is 4.76. The summed E-state index contributed by atoms with van der Waals surface area (Å²) in [6.45, 7) is 5.48. The first-order valence-electron chi connectivity index (χ1n) is 13.8. The van der Waals surface area contributed by atoms with E-state index in [4.69, 9.17) is 4.74 Å². The molecule has 8 heteroatoms. The smallest absolute Gasteiger partial charge is 0.253 e. The highest BCUT2D eigenvalue weighted by molar-refractivity contribution is 6.04. The van der Waals surface area contributed by atoms with Crippen molar-refractivity contribution in [1.82, 2.24) is 9.47 Å². The third-order valence-electron chi connectivity index (χ3n) is 8.29. The molecule has 1 fully saturated rings. The van der Waals surface area contributed by atoms with Crippen LogP contribution in [0.4, 0.5) is 4.39 Å². The molecule has 4 aromatic rings. The van der Waals surface area contributed by atoms with Gasteiger partial charge >= 0.3 is 0 Å². The third-order valence-corrected chi connectivity index (χ3v) is 8.29. The Hall–Kier alpha value is -3.85. The maximum Gasteiger partial charge on any atom is 0.253 e. The molecule has 1 saturated heterocycles. The largest absolute Gasteiger partial charge is 0.393 e. The Kier molecular flexibility index (Phi) is 6.80. The molecule has 0 bridgehead atoms. The summed E-state index contributed by atoms with van der Waals surface area (Å²) in [5.74, 6) is -0.476. The molecular formula is C33H34FN3O4. The number of aliphatic imine (C=N–C) groups is 1. The van der Waals surface area contributed by atoms with Gasteiger partial charge in [0.1, 0.15) is 11.4 Å². The average Bonchev–Trinajstić information content (AvgIpc) is 3.68. The topological polar surface area (TPSA) is 87.3 Å². The summed E-state index contributed by atoms with van der Waals surface area (Å²) in [6.07, 6.45) is 2.25. The van der Waals surface area contributed by atoms with Gasteiger partial charge in [-0.25, -0.2) is 4.39 Å². The fourth-order valence-electron chi connectivity index (χ4n) is 6.24. The van der Waals surface area contributed by atoms with Crippen molar-refractivity contribution in [1.29, 1.82) is 0 Å². The maximum absolute atomic E-state index is 14.0. The minimum atomic E-state index is -1.25. The van der Waals surface area contributed by atoms with Crippen LogP contribution in [-0.2, 0) is 16.7 Å². The fraction of sp³-hybridized carbons (Fsp3) is 0.333. The lowest BCUT2D eigenvalue weighted by molar-refractivity contribution is -0.00455. The van der Waals surface area contributed by atoms with Crippen molar-refractivity contribution < 1.29 is 24.1 Å². The Morgan fingerprint density at radius 1 is 1.12 bits per heavy atom. The van der Waals surface area contributed by atoms with Crippen LogP contribution >= 0.6 is 0 Å². The summed E-state index contributed by atoms with van der Waals surface area (Å²) >= 11 is 0. The number of likely N-dealkylation sites (tertiary alicyclic amines) is 1. The maximum atomic E-state index is 14.0. The first kappa shape index (κ1) is 27.3. The number of carbonyl (C=O) groups is 1. The molecule has 0 saturated carbocycles. The van der Waals surface area contributed by atoms with Crippen molar-refractivity contribution in [2.45, 2.75) is 37.8 Å². The molecule has 1 amide bonds. The van der Waals surface area contributed by atoms with Crippen LogP contribution in [0.1, 0.15) is 47.4 Å². The van der Waals surface area contributed by atoms with Crippen molar-refractivity contribution in [3.05, 3.63) is 88.9 Å². The van der Waals surface area contributed by atoms with Crippen molar-refractivity contribution in [3.63, 3.8) is 0 Å². The zero-order valence-electron chi connectivity index (χ0n) is 23.5. The number of carbonyl (C=O) groups excluding carboxylic acids is 1. The van der Waals surface area contributed by atoms with E-state index >= 15 is 0 Å². The van der Waals surface area contributed by atoms with Crippen LogP contribution in [0, 0.1) is 5.82 Å². The number of methoxy groups -OCH3 is 1. The second-order valence-corrected chi connectivity index (χ2v) is 11.8. The Balaban J connectivity index is 1.53. The van der Waals surface area contributed by atoms with Gasteiger partial charge in [0.25, 0.3) is 5.91 Å². The molecule has 2 aliphatic rings. The van der Waals surface area contributed by atoms with Gasteiger partial charge in [0, 0.05) is 53.2 Å². The molecule has 2 aliphatic heterocycles. The average molecular weight is 556 g/mol. The molecule has 1 unspecified atom stereocenters. The lowest BCUT2D eigenvalue weighted by Gasteiger charge is -2.28. The van der Waals surface area contributed by atoms with E-state index in [2.05, 4.69) is 35.5 Å². The number of ether oxygens (including phenoxy) is 1. The van der Waals surface area contributed by atoms with Crippen LogP contribution in [0.15, 0.2) is 65.7 Å². The van der Waals surface area contributed by atoms with Gasteiger partial charge in [0.2, 0.25) is 0 Å². The van der Waals surface area contributed by atoms with Gasteiger partial charge in [-0.15, -0.1) is 0 Å². The van der Waals surface area contributed by atoms with Gasteiger partial charge in [-0.3, -0.25) is 9.79 Å². The number of nitrogens with zero attached hydrogens (tertiary/aromatic N) is 3. The van der Waals surface area contributed by atoms with Crippen LogP contribution in [0.3, 0.4) is 0 Å². The molecule has 0 aliphatic carbocycles. The van der Waals surface area contributed by atoms with Crippen molar-refractivity contribution in [2.75, 3.05) is 33.4 Å². The summed E-state index contributed by atoms with van der Waals surface area (Å²) < 4.78 is 21.9. The number of rotatable bonds is 7. The van der Waals surface area contributed by atoms with E-state index in [0.29, 0.717) is 31.7 Å². The number of aliphatic hydroxyl groups is 2. The zero-order chi connectivity index (χ0) is 28.9. The van der Waals surface area contributed by atoms with E-state index in [1.54, 1.807) is 24.1 Å². The number of amides is 1. The number of hydrogen-bond donors (Lipinski definition) is 2. The summed E-state index contributed by atoms with van der Waals surface area (Å²) in [7, 11) is 1.69. The van der Waals surface area contributed by atoms with Gasteiger partial charge in [-0.2, -0.15) is 0 Å².